The summed E-state index contributed by atoms with van der Waals surface area (Å²) in [5, 5.41) is 8.60. The van der Waals surface area contributed by atoms with Crippen LogP contribution < -0.4 is 0 Å². The summed E-state index contributed by atoms with van der Waals surface area (Å²) in [5.41, 5.74) is 0.350. The first-order chi connectivity index (χ1) is 8.45. The molecule has 1 aliphatic heterocycles. The van der Waals surface area contributed by atoms with Gasteiger partial charge in [-0.3, -0.25) is 0 Å². The molecule has 7 heteroatoms. The number of nitrogens with zero attached hydrogens (tertiary/aromatic N) is 2. The first-order valence-electron chi connectivity index (χ1n) is 5.23. The molecule has 4 nitrogen and oxygen atoms in total. The van der Waals surface area contributed by atoms with Crippen LogP contribution in [0.25, 0.3) is 0 Å². The van der Waals surface area contributed by atoms with Crippen molar-refractivity contribution in [2.45, 2.75) is 11.3 Å². The molecule has 0 amide bonds. The Morgan fingerprint density at radius 1 is 1.28 bits per heavy atom. The Morgan fingerprint density at radius 2 is 1.83 bits per heavy atom. The average molecular weight is 272 g/mol. The van der Waals surface area contributed by atoms with Gasteiger partial charge in [0.2, 0.25) is 16.4 Å². The van der Waals surface area contributed by atoms with Crippen molar-refractivity contribution >= 4 is 10.0 Å². The second-order valence-corrected chi connectivity index (χ2v) is 5.99. The van der Waals surface area contributed by atoms with Crippen molar-refractivity contribution in [1.82, 2.24) is 4.31 Å². The van der Waals surface area contributed by atoms with Gasteiger partial charge in [0.1, 0.15) is 0 Å². The Labute approximate surface area is 103 Å². The molecule has 96 valence electrons. The van der Waals surface area contributed by atoms with Crippen molar-refractivity contribution in [2.24, 2.45) is 5.92 Å². The normalized spacial score (nSPS) is 17.4. The van der Waals surface area contributed by atoms with Gasteiger partial charge in [0.05, 0.1) is 16.5 Å². The zero-order valence-electron chi connectivity index (χ0n) is 9.25. The second-order valence-electron chi connectivity index (χ2n) is 4.05. The predicted molar refractivity (Wildman–Crippen MR) is 59.4 cm³/mol. The van der Waals surface area contributed by atoms with Crippen molar-refractivity contribution in [2.75, 3.05) is 13.1 Å². The lowest BCUT2D eigenvalue weighted by Crippen LogP contribution is -2.52. The average Bonchev–Trinajstić information content (AvgIpc) is 2.26. The zero-order valence-corrected chi connectivity index (χ0v) is 10.1. The van der Waals surface area contributed by atoms with E-state index < -0.39 is 22.4 Å². The summed E-state index contributed by atoms with van der Waals surface area (Å²) < 4.78 is 49.5. The summed E-state index contributed by atoms with van der Waals surface area (Å²) >= 11 is 0. The summed E-state index contributed by atoms with van der Waals surface area (Å²) in [5.74, 6) is -0.877. The standard InChI is InChI=1S/C11H10F2N2O2S/c12-11(13)9-6-15(7-9)18(16,17)10-3-1-8(5-14)2-4-10/h1-4,9,11H,6-7H2. The molecule has 0 aliphatic carbocycles. The number of rotatable bonds is 3. The number of hydrogen-bond acceptors (Lipinski definition) is 3. The van der Waals surface area contributed by atoms with E-state index in [1.807, 2.05) is 6.07 Å². The number of sulfonamides is 1. The van der Waals surface area contributed by atoms with Crippen molar-refractivity contribution in [1.29, 1.82) is 5.26 Å². The van der Waals surface area contributed by atoms with Crippen LogP contribution in [-0.4, -0.2) is 32.2 Å². The van der Waals surface area contributed by atoms with E-state index in [-0.39, 0.29) is 18.0 Å². The minimum Gasteiger partial charge on any atom is -0.210 e. The van der Waals surface area contributed by atoms with Crippen molar-refractivity contribution < 1.29 is 17.2 Å². The lowest BCUT2D eigenvalue weighted by molar-refractivity contribution is 0.0123. The third-order valence-corrected chi connectivity index (χ3v) is 4.70. The fourth-order valence-electron chi connectivity index (χ4n) is 1.68. The molecule has 0 radical (unpaired) electrons. The highest BCUT2D eigenvalue weighted by Gasteiger charge is 2.41. The molecule has 1 saturated heterocycles. The van der Waals surface area contributed by atoms with Crippen LogP contribution in [0.4, 0.5) is 8.78 Å². The zero-order chi connectivity index (χ0) is 13.3. The van der Waals surface area contributed by atoms with E-state index in [0.29, 0.717) is 5.56 Å². The van der Waals surface area contributed by atoms with Gasteiger partial charge in [-0.05, 0) is 24.3 Å². The van der Waals surface area contributed by atoms with Gasteiger partial charge in [-0.1, -0.05) is 0 Å². The molecule has 1 heterocycles. The Balaban J connectivity index is 2.15. The lowest BCUT2D eigenvalue weighted by atomic mass is 10.1. The number of nitriles is 1. The number of alkyl halides is 2. The molecule has 1 aliphatic rings. The van der Waals surface area contributed by atoms with Gasteiger partial charge in [-0.2, -0.15) is 9.57 Å². The van der Waals surface area contributed by atoms with Crippen LogP contribution in [-0.2, 0) is 10.0 Å². The summed E-state index contributed by atoms with van der Waals surface area (Å²) in [6, 6.07) is 7.27. The SMILES string of the molecule is N#Cc1ccc(S(=O)(=O)N2CC(C(F)F)C2)cc1. The third-order valence-electron chi connectivity index (χ3n) is 2.85. The second kappa shape index (κ2) is 4.63. The molecule has 0 saturated carbocycles. The monoisotopic (exact) mass is 272 g/mol. The fraction of sp³-hybridized carbons (Fsp3) is 0.364. The molecule has 0 spiro atoms. The highest BCUT2D eigenvalue weighted by molar-refractivity contribution is 7.89. The van der Waals surface area contributed by atoms with Crippen molar-refractivity contribution in [3.8, 4) is 6.07 Å². The summed E-state index contributed by atoms with van der Waals surface area (Å²) in [4.78, 5) is 0.0224. The quantitative estimate of drug-likeness (QED) is 0.836. The highest BCUT2D eigenvalue weighted by Crippen LogP contribution is 2.28. The maximum atomic E-state index is 12.3. The van der Waals surface area contributed by atoms with E-state index in [1.54, 1.807) is 0 Å². The van der Waals surface area contributed by atoms with E-state index in [0.717, 1.165) is 4.31 Å². The maximum Gasteiger partial charge on any atom is 0.243 e. The molecule has 0 atom stereocenters. The van der Waals surface area contributed by atoms with Gasteiger partial charge in [0.15, 0.2) is 0 Å². The first-order valence-corrected chi connectivity index (χ1v) is 6.67. The highest BCUT2D eigenvalue weighted by atomic mass is 32.2. The number of hydrogen-bond donors (Lipinski definition) is 0. The molecule has 1 aromatic carbocycles. The predicted octanol–water partition coefficient (Wildman–Crippen LogP) is 1.44. The van der Waals surface area contributed by atoms with E-state index in [4.69, 9.17) is 5.26 Å². The van der Waals surface area contributed by atoms with Crippen LogP contribution in [0.2, 0.25) is 0 Å². The topological polar surface area (TPSA) is 61.2 Å². The molecule has 0 unspecified atom stereocenters. The molecule has 18 heavy (non-hydrogen) atoms. The minimum absolute atomic E-state index is 0.0224. The van der Waals surface area contributed by atoms with Crippen molar-refractivity contribution in [3.63, 3.8) is 0 Å². The lowest BCUT2D eigenvalue weighted by Gasteiger charge is -2.37. The molecular formula is C11H10F2N2O2S. The van der Waals surface area contributed by atoms with Crippen LogP contribution in [0.5, 0.6) is 0 Å². The summed E-state index contributed by atoms with van der Waals surface area (Å²) in [7, 11) is -3.70. The molecule has 0 aromatic heterocycles. The van der Waals surface area contributed by atoms with Gasteiger partial charge in [-0.25, -0.2) is 17.2 Å². The Bertz CT molecular complexity index is 572. The third kappa shape index (κ3) is 2.21. The van der Waals surface area contributed by atoms with Gasteiger partial charge in [0.25, 0.3) is 0 Å². The van der Waals surface area contributed by atoms with Gasteiger partial charge >= 0.3 is 0 Å². The van der Waals surface area contributed by atoms with Crippen molar-refractivity contribution in [3.05, 3.63) is 29.8 Å². The Kier molecular flexibility index (Phi) is 3.32. The molecule has 1 aromatic rings. The van der Waals surface area contributed by atoms with E-state index in [1.165, 1.54) is 24.3 Å². The molecule has 2 rings (SSSR count). The van der Waals surface area contributed by atoms with Gasteiger partial charge in [-0.15, -0.1) is 0 Å². The number of halogens is 2. The molecular weight excluding hydrogens is 262 g/mol. The fourth-order valence-corrected chi connectivity index (χ4v) is 3.23. The van der Waals surface area contributed by atoms with Crippen LogP contribution in [0.15, 0.2) is 29.2 Å². The summed E-state index contributed by atoms with van der Waals surface area (Å²) in [6.45, 7) is -0.306. The van der Waals surface area contributed by atoms with E-state index in [2.05, 4.69) is 0 Å². The maximum absolute atomic E-state index is 12.3. The van der Waals surface area contributed by atoms with Crippen LogP contribution in [0.3, 0.4) is 0 Å². The number of benzene rings is 1. The van der Waals surface area contributed by atoms with E-state index in [9.17, 15) is 17.2 Å². The largest absolute Gasteiger partial charge is 0.243 e. The smallest absolute Gasteiger partial charge is 0.210 e. The molecule has 1 fully saturated rings. The summed E-state index contributed by atoms with van der Waals surface area (Å²) in [6.07, 6.45) is -2.49. The van der Waals surface area contributed by atoms with Gasteiger partial charge in [0, 0.05) is 19.0 Å². The molecule has 0 bridgehead atoms. The van der Waals surface area contributed by atoms with E-state index >= 15 is 0 Å². The Morgan fingerprint density at radius 3 is 2.28 bits per heavy atom. The molecule has 0 N–H and O–H groups in total. The van der Waals surface area contributed by atoms with Crippen LogP contribution >= 0.6 is 0 Å². The first kappa shape index (κ1) is 12.9. The van der Waals surface area contributed by atoms with Crippen LogP contribution in [0.1, 0.15) is 5.56 Å². The van der Waals surface area contributed by atoms with Crippen LogP contribution in [0, 0.1) is 17.2 Å². The minimum atomic E-state index is -3.70. The Hall–Kier alpha value is -1.52. The van der Waals surface area contributed by atoms with Gasteiger partial charge < -0.3 is 0 Å².